The second-order valence-corrected chi connectivity index (χ2v) is 4.41. The molecule has 1 atom stereocenters. The van der Waals surface area contributed by atoms with Crippen molar-refractivity contribution in [1.82, 2.24) is 10.6 Å². The third kappa shape index (κ3) is 6.86. The Kier molecular flexibility index (Phi) is 5.72. The number of hydrogen-bond donors (Lipinski definition) is 2. The molecule has 0 fully saturated rings. The molecule has 2 N–H and O–H groups in total. The molecule has 0 radical (unpaired) electrons. The summed E-state index contributed by atoms with van der Waals surface area (Å²) in [6, 6.07) is -0.177. The molecule has 0 rings (SSSR count). The molecule has 0 aromatic heterocycles. The first kappa shape index (κ1) is 13.4. The van der Waals surface area contributed by atoms with Gasteiger partial charge in [0.1, 0.15) is 0 Å². The summed E-state index contributed by atoms with van der Waals surface area (Å²) < 4.78 is 4.88. The Hall–Kier alpha value is -0.610. The zero-order valence-corrected chi connectivity index (χ0v) is 9.81. The van der Waals surface area contributed by atoms with Crippen molar-refractivity contribution in [2.45, 2.75) is 39.3 Å². The van der Waals surface area contributed by atoms with Gasteiger partial charge in [-0.1, -0.05) is 0 Å². The van der Waals surface area contributed by atoms with Gasteiger partial charge in [-0.3, -0.25) is 4.79 Å². The Balaban J connectivity index is 3.77. The van der Waals surface area contributed by atoms with Gasteiger partial charge in [0.25, 0.3) is 0 Å². The lowest BCUT2D eigenvalue weighted by Gasteiger charge is -2.23. The highest BCUT2D eigenvalue weighted by molar-refractivity contribution is 5.81. The molecule has 1 amide bonds. The van der Waals surface area contributed by atoms with Crippen LogP contribution >= 0.6 is 0 Å². The lowest BCUT2D eigenvalue weighted by atomic mass is 10.1. The van der Waals surface area contributed by atoms with Gasteiger partial charge in [-0.15, -0.1) is 0 Å². The van der Waals surface area contributed by atoms with Gasteiger partial charge in [0.05, 0.1) is 12.6 Å². The van der Waals surface area contributed by atoms with E-state index in [4.69, 9.17) is 4.74 Å². The van der Waals surface area contributed by atoms with Crippen LogP contribution in [0.1, 0.15) is 27.7 Å². The molecule has 4 nitrogen and oxygen atoms in total. The molecule has 0 aliphatic rings. The summed E-state index contributed by atoms with van der Waals surface area (Å²) in [6.07, 6.45) is 0. The summed E-state index contributed by atoms with van der Waals surface area (Å²) in [5.41, 5.74) is -0.172. The van der Waals surface area contributed by atoms with Gasteiger partial charge in [0.15, 0.2) is 0 Å². The summed E-state index contributed by atoms with van der Waals surface area (Å²) in [5, 5.41) is 5.97. The van der Waals surface area contributed by atoms with Crippen molar-refractivity contribution in [3.05, 3.63) is 0 Å². The van der Waals surface area contributed by atoms with Crippen LogP contribution in [0.2, 0.25) is 0 Å². The smallest absolute Gasteiger partial charge is 0.237 e. The third-order valence-electron chi connectivity index (χ3n) is 1.65. The monoisotopic (exact) mass is 202 g/mol. The fourth-order valence-corrected chi connectivity index (χ4v) is 0.948. The molecule has 0 saturated heterocycles. The minimum atomic E-state index is -0.177. The molecule has 0 spiro atoms. The molecule has 84 valence electrons. The Labute approximate surface area is 86.4 Å². The normalized spacial score (nSPS) is 13.8. The molecule has 0 heterocycles. The van der Waals surface area contributed by atoms with Crippen LogP contribution in [0.4, 0.5) is 0 Å². The van der Waals surface area contributed by atoms with Crippen molar-refractivity contribution in [2.75, 3.05) is 20.3 Å². The molecular weight excluding hydrogens is 180 g/mol. The minimum Gasteiger partial charge on any atom is -0.383 e. The van der Waals surface area contributed by atoms with Gasteiger partial charge in [-0.25, -0.2) is 0 Å². The summed E-state index contributed by atoms with van der Waals surface area (Å²) in [7, 11) is 1.64. The van der Waals surface area contributed by atoms with E-state index >= 15 is 0 Å². The van der Waals surface area contributed by atoms with Crippen molar-refractivity contribution in [2.24, 2.45) is 0 Å². The Morgan fingerprint density at radius 2 is 2.00 bits per heavy atom. The molecule has 0 saturated carbocycles. The average molecular weight is 202 g/mol. The van der Waals surface area contributed by atoms with Crippen LogP contribution in [-0.4, -0.2) is 37.7 Å². The van der Waals surface area contributed by atoms with Crippen LogP contribution in [0, 0.1) is 0 Å². The third-order valence-corrected chi connectivity index (χ3v) is 1.65. The predicted molar refractivity (Wildman–Crippen MR) is 57.2 cm³/mol. The summed E-state index contributed by atoms with van der Waals surface area (Å²) in [6.45, 7) is 9.05. The van der Waals surface area contributed by atoms with E-state index in [2.05, 4.69) is 10.6 Å². The van der Waals surface area contributed by atoms with Gasteiger partial charge >= 0.3 is 0 Å². The molecule has 4 heteroatoms. The molecule has 14 heavy (non-hydrogen) atoms. The maximum Gasteiger partial charge on any atom is 0.237 e. The van der Waals surface area contributed by atoms with E-state index in [1.165, 1.54) is 0 Å². The molecule has 1 unspecified atom stereocenters. The second-order valence-electron chi connectivity index (χ2n) is 4.41. The highest BCUT2D eigenvalue weighted by Gasteiger charge is 2.18. The first-order valence-corrected chi connectivity index (χ1v) is 4.91. The van der Waals surface area contributed by atoms with Crippen LogP contribution in [0.15, 0.2) is 0 Å². The molecule has 0 aliphatic carbocycles. The fraction of sp³-hybridized carbons (Fsp3) is 0.900. The zero-order valence-electron chi connectivity index (χ0n) is 9.81. The first-order chi connectivity index (χ1) is 6.37. The lowest BCUT2D eigenvalue weighted by molar-refractivity contribution is -0.124. The summed E-state index contributed by atoms with van der Waals surface area (Å²) >= 11 is 0. The van der Waals surface area contributed by atoms with E-state index < -0.39 is 0 Å². The number of carbonyl (C=O) groups excluding carboxylic acids is 1. The van der Waals surface area contributed by atoms with Crippen LogP contribution in [0.3, 0.4) is 0 Å². The number of rotatable bonds is 5. The van der Waals surface area contributed by atoms with Crippen molar-refractivity contribution in [1.29, 1.82) is 0 Å². The SMILES string of the molecule is COCCNC(C)C(=O)NC(C)(C)C. The van der Waals surface area contributed by atoms with Gasteiger partial charge in [0, 0.05) is 19.2 Å². The largest absolute Gasteiger partial charge is 0.383 e. The second kappa shape index (κ2) is 5.98. The van der Waals surface area contributed by atoms with E-state index in [1.54, 1.807) is 7.11 Å². The Bertz CT molecular complexity index is 175. The fourth-order valence-electron chi connectivity index (χ4n) is 0.948. The molecule has 0 aromatic rings. The van der Waals surface area contributed by atoms with Crippen molar-refractivity contribution in [3.8, 4) is 0 Å². The van der Waals surface area contributed by atoms with Gasteiger partial charge in [0.2, 0.25) is 5.91 Å². The summed E-state index contributed by atoms with van der Waals surface area (Å²) in [4.78, 5) is 11.5. The highest BCUT2D eigenvalue weighted by Crippen LogP contribution is 1.98. The highest BCUT2D eigenvalue weighted by atomic mass is 16.5. The number of amides is 1. The minimum absolute atomic E-state index is 0.0219. The van der Waals surface area contributed by atoms with E-state index in [1.807, 2.05) is 27.7 Å². The van der Waals surface area contributed by atoms with Crippen LogP contribution in [-0.2, 0) is 9.53 Å². The van der Waals surface area contributed by atoms with Crippen LogP contribution in [0.25, 0.3) is 0 Å². The van der Waals surface area contributed by atoms with Gasteiger partial charge in [-0.2, -0.15) is 0 Å². The predicted octanol–water partition coefficient (Wildman–Crippen LogP) is 0.526. The Morgan fingerprint density at radius 3 is 2.43 bits per heavy atom. The molecule has 0 bridgehead atoms. The number of nitrogens with one attached hydrogen (secondary N) is 2. The zero-order chi connectivity index (χ0) is 11.2. The van der Waals surface area contributed by atoms with E-state index in [0.29, 0.717) is 13.2 Å². The first-order valence-electron chi connectivity index (χ1n) is 4.91. The topological polar surface area (TPSA) is 50.4 Å². The standard InChI is InChI=1S/C10H22N2O2/c1-8(11-6-7-14-5)9(13)12-10(2,3)4/h8,11H,6-7H2,1-5H3,(H,12,13). The van der Waals surface area contributed by atoms with Crippen molar-refractivity contribution >= 4 is 5.91 Å². The maximum atomic E-state index is 11.5. The van der Waals surface area contributed by atoms with Crippen molar-refractivity contribution in [3.63, 3.8) is 0 Å². The number of methoxy groups -OCH3 is 1. The number of carbonyl (C=O) groups is 1. The average Bonchev–Trinajstić information content (AvgIpc) is 2.01. The van der Waals surface area contributed by atoms with Gasteiger partial charge in [-0.05, 0) is 27.7 Å². The molecule has 0 aromatic carbocycles. The van der Waals surface area contributed by atoms with Gasteiger partial charge < -0.3 is 15.4 Å². The molecule has 0 aliphatic heterocycles. The number of ether oxygens (including phenoxy) is 1. The van der Waals surface area contributed by atoms with Crippen LogP contribution < -0.4 is 10.6 Å². The summed E-state index contributed by atoms with van der Waals surface area (Å²) in [5.74, 6) is 0.0219. The van der Waals surface area contributed by atoms with E-state index in [-0.39, 0.29) is 17.5 Å². The van der Waals surface area contributed by atoms with Crippen LogP contribution in [0.5, 0.6) is 0 Å². The maximum absolute atomic E-state index is 11.5. The van der Waals surface area contributed by atoms with Crippen molar-refractivity contribution < 1.29 is 9.53 Å². The van der Waals surface area contributed by atoms with E-state index in [0.717, 1.165) is 0 Å². The quantitative estimate of drug-likeness (QED) is 0.639. The Morgan fingerprint density at radius 1 is 1.43 bits per heavy atom. The lowest BCUT2D eigenvalue weighted by Crippen LogP contribution is -2.50. The number of hydrogen-bond acceptors (Lipinski definition) is 3. The van der Waals surface area contributed by atoms with E-state index in [9.17, 15) is 4.79 Å². The molecular formula is C10H22N2O2.